The first kappa shape index (κ1) is 24.5. The Morgan fingerprint density at radius 2 is 1.94 bits per heavy atom. The molecule has 2 aliphatic rings. The van der Waals surface area contributed by atoms with Gasteiger partial charge < -0.3 is 14.4 Å². The average Bonchev–Trinajstić information content (AvgIpc) is 3.30. The highest BCUT2D eigenvalue weighted by atomic mass is 19.1. The molecule has 5 rings (SSSR count). The summed E-state index contributed by atoms with van der Waals surface area (Å²) in [4.78, 5) is 21.0. The normalized spacial score (nSPS) is 17.2. The first-order valence-corrected chi connectivity index (χ1v) is 12.9. The lowest BCUT2D eigenvalue weighted by molar-refractivity contribution is -0.117. The number of ether oxygens (including phenoxy) is 2. The van der Waals surface area contributed by atoms with E-state index in [1.54, 1.807) is 11.0 Å². The first-order chi connectivity index (χ1) is 17.5. The smallest absolute Gasteiger partial charge is 0.227 e. The summed E-state index contributed by atoms with van der Waals surface area (Å²) in [5.41, 5.74) is 3.47. The molecule has 190 valence electrons. The molecule has 1 aromatic heterocycles. The highest BCUT2D eigenvalue weighted by Gasteiger charge is 2.27. The maximum absolute atomic E-state index is 14.8. The van der Waals surface area contributed by atoms with Crippen LogP contribution in [0.25, 0.3) is 10.9 Å². The van der Waals surface area contributed by atoms with Crippen molar-refractivity contribution in [3.05, 3.63) is 59.5 Å². The van der Waals surface area contributed by atoms with Crippen LogP contribution in [0.15, 0.2) is 42.5 Å². The van der Waals surface area contributed by atoms with E-state index in [1.807, 2.05) is 37.3 Å². The summed E-state index contributed by atoms with van der Waals surface area (Å²) >= 11 is 0. The Kier molecular flexibility index (Phi) is 7.37. The van der Waals surface area contributed by atoms with E-state index in [1.165, 1.54) is 7.11 Å². The number of benzene rings is 2. The number of aryl methyl sites for hydroxylation is 1. The van der Waals surface area contributed by atoms with Gasteiger partial charge in [-0.15, -0.1) is 0 Å². The monoisotopic (exact) mass is 491 g/mol. The zero-order valence-electron chi connectivity index (χ0n) is 21.1. The average molecular weight is 492 g/mol. The Morgan fingerprint density at radius 3 is 2.69 bits per heavy atom. The van der Waals surface area contributed by atoms with Gasteiger partial charge in [-0.3, -0.25) is 14.7 Å². The van der Waals surface area contributed by atoms with E-state index in [0.717, 1.165) is 73.2 Å². The molecule has 3 aromatic rings. The van der Waals surface area contributed by atoms with Crippen molar-refractivity contribution in [2.75, 3.05) is 44.8 Å². The number of likely N-dealkylation sites (tertiary alicyclic amines) is 1. The van der Waals surface area contributed by atoms with E-state index in [4.69, 9.17) is 9.47 Å². The highest BCUT2D eigenvalue weighted by molar-refractivity contribution is 5.97. The van der Waals surface area contributed by atoms with E-state index >= 15 is 0 Å². The van der Waals surface area contributed by atoms with Crippen LogP contribution in [-0.4, -0.2) is 55.7 Å². The molecule has 7 heteroatoms. The Hall–Kier alpha value is -3.19. The number of pyridine rings is 1. The number of anilines is 1. The number of halogens is 1. The van der Waals surface area contributed by atoms with Gasteiger partial charge in [0.15, 0.2) is 11.6 Å². The largest absolute Gasteiger partial charge is 0.492 e. The summed E-state index contributed by atoms with van der Waals surface area (Å²) in [5.74, 6) is 1.18. The third-order valence-electron chi connectivity index (χ3n) is 7.38. The number of hydrogen-bond acceptors (Lipinski definition) is 5. The Morgan fingerprint density at radius 1 is 1.11 bits per heavy atom. The molecule has 0 unspecified atom stereocenters. The fraction of sp³-hybridized carbons (Fsp3) is 0.448. The fourth-order valence-electron chi connectivity index (χ4n) is 5.44. The number of amides is 1. The summed E-state index contributed by atoms with van der Waals surface area (Å²) in [5, 5.41) is 1.04. The number of fused-ring (bicyclic) bond motifs is 1. The summed E-state index contributed by atoms with van der Waals surface area (Å²) in [6.45, 7) is 6.12. The number of methoxy groups -OCH3 is 1. The molecule has 0 radical (unpaired) electrons. The molecule has 0 atom stereocenters. The molecule has 0 spiro atoms. The molecule has 1 amide bonds. The van der Waals surface area contributed by atoms with Crippen molar-refractivity contribution >= 4 is 22.5 Å². The van der Waals surface area contributed by atoms with Crippen LogP contribution in [0.4, 0.5) is 10.1 Å². The predicted molar refractivity (Wildman–Crippen MR) is 139 cm³/mol. The van der Waals surface area contributed by atoms with E-state index in [2.05, 4.69) is 16.0 Å². The number of piperidine rings is 1. The van der Waals surface area contributed by atoms with Gasteiger partial charge in [-0.1, -0.05) is 6.07 Å². The van der Waals surface area contributed by atoms with Crippen LogP contribution in [0.2, 0.25) is 0 Å². The summed E-state index contributed by atoms with van der Waals surface area (Å²) in [7, 11) is 1.46. The van der Waals surface area contributed by atoms with Crippen molar-refractivity contribution in [1.82, 2.24) is 9.88 Å². The summed E-state index contributed by atoms with van der Waals surface area (Å²) in [6, 6.07) is 13.6. The molecule has 2 aromatic carbocycles. The molecule has 0 N–H and O–H groups in total. The second-order valence-electron chi connectivity index (χ2n) is 9.89. The lowest BCUT2D eigenvalue weighted by Crippen LogP contribution is -2.37. The van der Waals surface area contributed by atoms with E-state index in [-0.39, 0.29) is 11.7 Å². The quantitative estimate of drug-likeness (QED) is 0.436. The third-order valence-corrected chi connectivity index (χ3v) is 7.38. The maximum atomic E-state index is 14.8. The van der Waals surface area contributed by atoms with Crippen LogP contribution in [0.3, 0.4) is 0 Å². The number of aromatic nitrogens is 1. The van der Waals surface area contributed by atoms with Crippen molar-refractivity contribution in [1.29, 1.82) is 0 Å². The Balaban J connectivity index is 1.14. The van der Waals surface area contributed by atoms with E-state index in [0.29, 0.717) is 31.2 Å². The van der Waals surface area contributed by atoms with Crippen LogP contribution < -0.4 is 14.4 Å². The minimum Gasteiger partial charge on any atom is -0.492 e. The first-order valence-electron chi connectivity index (χ1n) is 12.9. The van der Waals surface area contributed by atoms with Crippen molar-refractivity contribution < 1.29 is 18.7 Å². The number of nitrogens with zero attached hydrogens (tertiary/aromatic N) is 3. The number of hydrogen-bond donors (Lipinski definition) is 0. The zero-order chi connectivity index (χ0) is 25.1. The number of carbonyl (C=O) groups is 1. The topological polar surface area (TPSA) is 54.9 Å². The standard InChI is InChI=1S/C29H34FN3O3/c1-20-8-9-23-25(31-20)5-3-6-27(23)36-16-15-32-13-10-21(11-14-32)17-22-18-24(30)29(35-2)26(19-22)33-12-4-7-28(33)34/h3,5-6,8-9,18-19,21H,4,7,10-17H2,1-2H3. The van der Waals surface area contributed by atoms with Crippen molar-refractivity contribution in [3.63, 3.8) is 0 Å². The van der Waals surface area contributed by atoms with Crippen molar-refractivity contribution in [2.24, 2.45) is 5.92 Å². The van der Waals surface area contributed by atoms with Gasteiger partial charge in [0.25, 0.3) is 0 Å². The molecule has 2 saturated heterocycles. The van der Waals surface area contributed by atoms with Crippen LogP contribution >= 0.6 is 0 Å². The minimum absolute atomic E-state index is 0.0373. The van der Waals surface area contributed by atoms with E-state index in [9.17, 15) is 9.18 Å². The summed E-state index contributed by atoms with van der Waals surface area (Å²) in [6.07, 6.45) is 4.23. The van der Waals surface area contributed by atoms with Gasteiger partial charge in [0.2, 0.25) is 5.91 Å². The van der Waals surface area contributed by atoms with Crippen LogP contribution in [0.5, 0.6) is 11.5 Å². The molecule has 6 nitrogen and oxygen atoms in total. The van der Waals surface area contributed by atoms with Gasteiger partial charge >= 0.3 is 0 Å². The molecule has 0 aliphatic carbocycles. The molecule has 0 saturated carbocycles. The van der Waals surface area contributed by atoms with Gasteiger partial charge in [0.05, 0.1) is 18.3 Å². The number of rotatable bonds is 8. The van der Waals surface area contributed by atoms with Crippen LogP contribution in [0.1, 0.15) is 36.9 Å². The third kappa shape index (κ3) is 5.31. The minimum atomic E-state index is -0.391. The molecule has 0 bridgehead atoms. The van der Waals surface area contributed by atoms with Gasteiger partial charge in [-0.2, -0.15) is 0 Å². The molecular formula is C29H34FN3O3. The van der Waals surface area contributed by atoms with Gasteiger partial charge in [0.1, 0.15) is 12.4 Å². The fourth-order valence-corrected chi connectivity index (χ4v) is 5.44. The van der Waals surface area contributed by atoms with Crippen molar-refractivity contribution in [2.45, 2.75) is 39.0 Å². The van der Waals surface area contributed by atoms with Crippen LogP contribution in [-0.2, 0) is 11.2 Å². The second kappa shape index (κ2) is 10.8. The lowest BCUT2D eigenvalue weighted by atomic mass is 9.90. The molecule has 3 heterocycles. The van der Waals surface area contributed by atoms with Gasteiger partial charge in [-0.25, -0.2) is 4.39 Å². The Bertz CT molecular complexity index is 1240. The van der Waals surface area contributed by atoms with E-state index < -0.39 is 5.82 Å². The van der Waals surface area contributed by atoms with Gasteiger partial charge in [0, 0.05) is 30.6 Å². The molecule has 36 heavy (non-hydrogen) atoms. The molecule has 2 fully saturated rings. The van der Waals surface area contributed by atoms with Crippen molar-refractivity contribution in [3.8, 4) is 11.5 Å². The van der Waals surface area contributed by atoms with Gasteiger partial charge in [-0.05, 0) is 93.6 Å². The lowest BCUT2D eigenvalue weighted by Gasteiger charge is -2.32. The zero-order valence-corrected chi connectivity index (χ0v) is 21.1. The summed E-state index contributed by atoms with van der Waals surface area (Å²) < 4.78 is 26.2. The predicted octanol–water partition coefficient (Wildman–Crippen LogP) is 5.15. The number of carbonyl (C=O) groups excluding carboxylic acids is 1. The molecule has 2 aliphatic heterocycles. The SMILES string of the molecule is COc1c(F)cc(CC2CCN(CCOc3cccc4nc(C)ccc34)CC2)cc1N1CCCC1=O. The van der Waals surface area contributed by atoms with Crippen LogP contribution in [0, 0.1) is 18.7 Å². The highest BCUT2D eigenvalue weighted by Crippen LogP contribution is 2.36. The second-order valence-corrected chi connectivity index (χ2v) is 9.89. The maximum Gasteiger partial charge on any atom is 0.227 e. The molecular weight excluding hydrogens is 457 g/mol. The Labute approximate surface area is 212 Å².